The first-order valence-electron chi connectivity index (χ1n) is 6.05. The molecule has 3 heterocycles. The van der Waals surface area contributed by atoms with Crippen LogP contribution >= 0.6 is 38.6 Å². The summed E-state index contributed by atoms with van der Waals surface area (Å²) in [5.41, 5.74) is 0. The van der Waals surface area contributed by atoms with Crippen LogP contribution in [0.3, 0.4) is 0 Å². The molecule has 1 fully saturated rings. The van der Waals surface area contributed by atoms with E-state index in [-0.39, 0.29) is 5.91 Å². The number of fused-ring (bicyclic) bond motifs is 1. The lowest BCUT2D eigenvalue weighted by Gasteiger charge is -2.33. The van der Waals surface area contributed by atoms with Crippen LogP contribution in [0.5, 0.6) is 0 Å². The van der Waals surface area contributed by atoms with Gasteiger partial charge < -0.3 is 4.90 Å². The molecule has 0 bridgehead atoms. The predicted octanol–water partition coefficient (Wildman–Crippen LogP) is 4.21. The fourth-order valence-electron chi connectivity index (χ4n) is 2.23. The van der Waals surface area contributed by atoms with E-state index in [2.05, 4.69) is 34.3 Å². The van der Waals surface area contributed by atoms with Gasteiger partial charge in [-0.3, -0.25) is 4.79 Å². The number of halogens is 1. The van der Waals surface area contributed by atoms with Crippen molar-refractivity contribution >= 4 is 53.9 Å². The largest absolute Gasteiger partial charge is 0.337 e. The summed E-state index contributed by atoms with van der Waals surface area (Å²) in [6, 6.07) is 4.13. The Kier molecular flexibility index (Phi) is 3.47. The second-order valence-electron chi connectivity index (χ2n) is 4.79. The third-order valence-electron chi connectivity index (χ3n) is 3.50. The van der Waals surface area contributed by atoms with Crippen LogP contribution in [0.15, 0.2) is 17.5 Å². The van der Waals surface area contributed by atoms with E-state index < -0.39 is 0 Å². The molecule has 1 aliphatic heterocycles. The molecule has 0 aromatic carbocycles. The van der Waals surface area contributed by atoms with E-state index in [1.54, 1.807) is 22.7 Å². The molecule has 96 valence electrons. The zero-order chi connectivity index (χ0) is 12.7. The SMILES string of the molecule is CC1CCN(C(=O)c2cc3sccc3s2)CC1Br. The van der Waals surface area contributed by atoms with Gasteiger partial charge >= 0.3 is 0 Å². The fraction of sp³-hybridized carbons (Fsp3) is 0.462. The van der Waals surface area contributed by atoms with Gasteiger partial charge in [0.25, 0.3) is 5.91 Å². The number of amides is 1. The molecule has 0 spiro atoms. The van der Waals surface area contributed by atoms with E-state index in [4.69, 9.17) is 0 Å². The number of hydrogen-bond acceptors (Lipinski definition) is 3. The molecule has 2 unspecified atom stereocenters. The highest BCUT2D eigenvalue weighted by Crippen LogP contribution is 2.32. The summed E-state index contributed by atoms with van der Waals surface area (Å²) in [5.74, 6) is 0.848. The molecule has 18 heavy (non-hydrogen) atoms. The summed E-state index contributed by atoms with van der Waals surface area (Å²) in [6.07, 6.45) is 1.08. The topological polar surface area (TPSA) is 20.3 Å². The van der Waals surface area contributed by atoms with E-state index in [9.17, 15) is 4.79 Å². The second-order valence-corrected chi connectivity index (χ2v) is 8.00. The van der Waals surface area contributed by atoms with Crippen molar-refractivity contribution in [2.45, 2.75) is 18.2 Å². The number of carbonyl (C=O) groups excluding carboxylic acids is 1. The first kappa shape index (κ1) is 12.6. The van der Waals surface area contributed by atoms with Crippen LogP contribution in [-0.4, -0.2) is 28.7 Å². The number of hydrogen-bond donors (Lipinski definition) is 0. The Hall–Kier alpha value is -0.390. The molecular weight excluding hydrogens is 330 g/mol. The van der Waals surface area contributed by atoms with Crippen LogP contribution < -0.4 is 0 Å². The zero-order valence-corrected chi connectivity index (χ0v) is 13.3. The van der Waals surface area contributed by atoms with Gasteiger partial charge in [0.2, 0.25) is 0 Å². The summed E-state index contributed by atoms with van der Waals surface area (Å²) >= 11 is 6.99. The zero-order valence-electron chi connectivity index (χ0n) is 10.1. The maximum Gasteiger partial charge on any atom is 0.264 e. The van der Waals surface area contributed by atoms with Crippen molar-refractivity contribution in [3.05, 3.63) is 22.4 Å². The Morgan fingerprint density at radius 2 is 2.33 bits per heavy atom. The third-order valence-corrected chi connectivity index (χ3v) is 6.78. The molecular formula is C13H14BrNOS2. The maximum absolute atomic E-state index is 12.4. The maximum atomic E-state index is 12.4. The Morgan fingerprint density at radius 1 is 1.50 bits per heavy atom. The molecule has 2 atom stereocenters. The molecule has 2 nitrogen and oxygen atoms in total. The average Bonchev–Trinajstić information content (AvgIpc) is 2.92. The van der Waals surface area contributed by atoms with Crippen molar-refractivity contribution in [3.63, 3.8) is 0 Å². The smallest absolute Gasteiger partial charge is 0.264 e. The van der Waals surface area contributed by atoms with Crippen molar-refractivity contribution in [1.82, 2.24) is 4.90 Å². The molecule has 0 aliphatic carbocycles. The van der Waals surface area contributed by atoms with Crippen LogP contribution in [0.2, 0.25) is 0 Å². The minimum absolute atomic E-state index is 0.194. The van der Waals surface area contributed by atoms with Crippen molar-refractivity contribution in [3.8, 4) is 0 Å². The summed E-state index contributed by atoms with van der Waals surface area (Å²) in [5, 5.41) is 2.08. The first-order chi connectivity index (χ1) is 8.65. The summed E-state index contributed by atoms with van der Waals surface area (Å²) in [4.78, 5) is 15.7. The molecule has 2 aromatic rings. The molecule has 3 rings (SSSR count). The molecule has 0 N–H and O–H groups in total. The van der Waals surface area contributed by atoms with E-state index in [1.807, 2.05) is 11.0 Å². The highest BCUT2D eigenvalue weighted by molar-refractivity contribution is 9.09. The van der Waals surface area contributed by atoms with Crippen molar-refractivity contribution in [2.24, 2.45) is 5.92 Å². The van der Waals surface area contributed by atoms with E-state index in [0.29, 0.717) is 10.7 Å². The van der Waals surface area contributed by atoms with Gasteiger partial charge in [-0.05, 0) is 29.9 Å². The Bertz CT molecular complexity index is 548. The normalized spacial score (nSPS) is 24.7. The Labute approximate surface area is 123 Å². The van der Waals surface area contributed by atoms with E-state index >= 15 is 0 Å². The summed E-state index contributed by atoms with van der Waals surface area (Å²) < 4.78 is 2.45. The van der Waals surface area contributed by atoms with Gasteiger partial charge in [0, 0.05) is 27.3 Å². The highest BCUT2D eigenvalue weighted by Gasteiger charge is 2.28. The van der Waals surface area contributed by atoms with Gasteiger partial charge in [0.15, 0.2) is 0 Å². The average molecular weight is 344 g/mol. The number of likely N-dealkylation sites (tertiary alicyclic amines) is 1. The third kappa shape index (κ3) is 2.24. The lowest BCUT2D eigenvalue weighted by molar-refractivity contribution is 0.0711. The summed E-state index contributed by atoms with van der Waals surface area (Å²) in [7, 11) is 0. The lowest BCUT2D eigenvalue weighted by Crippen LogP contribution is -2.43. The number of piperidine rings is 1. The highest BCUT2D eigenvalue weighted by atomic mass is 79.9. The molecule has 1 amide bonds. The Balaban J connectivity index is 1.80. The standard InChI is InChI=1S/C13H14BrNOS2/c1-8-2-4-15(7-9(8)14)13(16)12-6-11-10(18-12)3-5-17-11/h3,5-6,8-9H,2,4,7H2,1H3. The van der Waals surface area contributed by atoms with Crippen LogP contribution in [0.25, 0.3) is 9.40 Å². The minimum Gasteiger partial charge on any atom is -0.337 e. The lowest BCUT2D eigenvalue weighted by atomic mass is 9.99. The van der Waals surface area contributed by atoms with E-state index in [0.717, 1.165) is 24.4 Å². The van der Waals surface area contributed by atoms with Gasteiger partial charge in [-0.2, -0.15) is 0 Å². The predicted molar refractivity (Wildman–Crippen MR) is 82.1 cm³/mol. The molecule has 1 aliphatic rings. The quantitative estimate of drug-likeness (QED) is 0.710. The summed E-state index contributed by atoms with van der Waals surface area (Å²) in [6.45, 7) is 3.95. The van der Waals surface area contributed by atoms with Gasteiger partial charge in [-0.15, -0.1) is 22.7 Å². The van der Waals surface area contributed by atoms with Gasteiger partial charge in [-0.1, -0.05) is 22.9 Å². The van der Waals surface area contributed by atoms with Crippen LogP contribution in [0, 0.1) is 5.92 Å². The van der Waals surface area contributed by atoms with Crippen molar-refractivity contribution in [2.75, 3.05) is 13.1 Å². The Morgan fingerprint density at radius 3 is 3.06 bits per heavy atom. The van der Waals surface area contributed by atoms with Crippen molar-refractivity contribution < 1.29 is 4.79 Å². The molecule has 2 aromatic heterocycles. The van der Waals surface area contributed by atoms with Crippen LogP contribution in [0.1, 0.15) is 23.0 Å². The van der Waals surface area contributed by atoms with E-state index in [1.165, 1.54) is 9.40 Å². The first-order valence-corrected chi connectivity index (χ1v) is 8.66. The van der Waals surface area contributed by atoms with Crippen LogP contribution in [0.4, 0.5) is 0 Å². The second kappa shape index (κ2) is 4.94. The fourth-order valence-corrected chi connectivity index (χ4v) is 4.92. The van der Waals surface area contributed by atoms with Gasteiger partial charge in [-0.25, -0.2) is 0 Å². The van der Waals surface area contributed by atoms with Gasteiger partial charge in [0.05, 0.1) is 4.88 Å². The molecule has 0 saturated carbocycles. The monoisotopic (exact) mass is 343 g/mol. The number of alkyl halides is 1. The van der Waals surface area contributed by atoms with Crippen LogP contribution in [-0.2, 0) is 0 Å². The number of thiophene rings is 2. The molecule has 5 heteroatoms. The molecule has 1 saturated heterocycles. The minimum atomic E-state index is 0.194. The van der Waals surface area contributed by atoms with Crippen molar-refractivity contribution in [1.29, 1.82) is 0 Å². The number of rotatable bonds is 1. The van der Waals surface area contributed by atoms with Gasteiger partial charge in [0.1, 0.15) is 0 Å². The number of carbonyl (C=O) groups is 1. The molecule has 0 radical (unpaired) electrons. The number of nitrogens with zero attached hydrogens (tertiary/aromatic N) is 1.